The summed E-state index contributed by atoms with van der Waals surface area (Å²) in [6.07, 6.45) is 6.06. The number of halogens is 2. The average Bonchev–Trinajstić information content (AvgIpc) is 3.14. The highest BCUT2D eigenvalue weighted by Gasteiger charge is 2.37. The third-order valence-corrected chi connectivity index (χ3v) is 10.4. The van der Waals surface area contributed by atoms with Gasteiger partial charge in [-0.3, -0.25) is 19.4 Å². The molecule has 270 valence electrons. The number of hydrogen-bond donors (Lipinski definition) is 2. The SMILES string of the molecule is C=C1/C=C2/C(=O)N(c3nccc(-c4cc(Nc5ccc(N6CCN(C7COC7)C[C@@H]6C)cn5)c(=O)n(C)c4)c3CO)CCN2CCC(F)(F)CC1. The van der Waals surface area contributed by atoms with E-state index in [4.69, 9.17) is 4.74 Å². The molecule has 1 atom stereocenters. The summed E-state index contributed by atoms with van der Waals surface area (Å²) < 4.78 is 35.6. The molecule has 0 unspecified atom stereocenters. The number of carbonyl (C=O) groups is 1. The van der Waals surface area contributed by atoms with Gasteiger partial charge in [0.1, 0.15) is 23.0 Å². The lowest BCUT2D eigenvalue weighted by Crippen LogP contribution is -2.59. The maximum Gasteiger partial charge on any atom is 0.275 e. The second-order valence-electron chi connectivity index (χ2n) is 13.9. The molecule has 7 rings (SSSR count). The number of ether oxygens (including phenoxy) is 1. The predicted molar refractivity (Wildman–Crippen MR) is 191 cm³/mol. The predicted octanol–water partition coefficient (Wildman–Crippen LogP) is 3.90. The van der Waals surface area contributed by atoms with Crippen LogP contribution in [0.1, 0.15) is 31.7 Å². The van der Waals surface area contributed by atoms with Crippen LogP contribution in [-0.4, -0.2) is 106 Å². The number of amides is 1. The quantitative estimate of drug-likeness (QED) is 0.376. The van der Waals surface area contributed by atoms with Crippen molar-refractivity contribution in [1.82, 2.24) is 24.3 Å². The number of aromatic nitrogens is 3. The molecule has 0 bridgehead atoms. The minimum Gasteiger partial charge on any atom is -0.392 e. The first-order valence-electron chi connectivity index (χ1n) is 17.5. The van der Waals surface area contributed by atoms with Crippen LogP contribution in [-0.2, 0) is 23.2 Å². The first-order chi connectivity index (χ1) is 24.5. The number of rotatable bonds is 7. The Kier molecular flexibility index (Phi) is 9.66. The average molecular weight is 703 g/mol. The first kappa shape index (κ1) is 34.8. The van der Waals surface area contributed by atoms with Gasteiger partial charge in [0.15, 0.2) is 0 Å². The summed E-state index contributed by atoms with van der Waals surface area (Å²) in [6, 6.07) is 8.13. The first-order valence-corrected chi connectivity index (χ1v) is 17.5. The number of aliphatic hydroxyl groups excluding tert-OH is 1. The molecule has 2 N–H and O–H groups in total. The monoisotopic (exact) mass is 702 g/mol. The van der Waals surface area contributed by atoms with Crippen LogP contribution in [0.25, 0.3) is 11.1 Å². The van der Waals surface area contributed by atoms with E-state index in [0.717, 1.165) is 38.5 Å². The third-order valence-electron chi connectivity index (χ3n) is 10.4. The maximum atomic E-state index is 14.4. The molecule has 51 heavy (non-hydrogen) atoms. The van der Waals surface area contributed by atoms with Crippen LogP contribution >= 0.6 is 0 Å². The molecule has 3 saturated heterocycles. The number of carbonyl (C=O) groups excluding carboxylic acids is 1. The van der Waals surface area contributed by atoms with Gasteiger partial charge in [-0.25, -0.2) is 18.7 Å². The Hall–Kier alpha value is -4.66. The fourth-order valence-electron chi connectivity index (χ4n) is 7.33. The zero-order chi connectivity index (χ0) is 35.9. The van der Waals surface area contributed by atoms with Crippen molar-refractivity contribution in [1.29, 1.82) is 0 Å². The summed E-state index contributed by atoms with van der Waals surface area (Å²) in [5.74, 6) is -2.45. The number of aliphatic hydroxyl groups is 1. The summed E-state index contributed by atoms with van der Waals surface area (Å²) in [5.41, 5.74) is 3.39. The number of anilines is 4. The van der Waals surface area contributed by atoms with E-state index in [1.807, 2.05) is 18.3 Å². The molecule has 3 aromatic rings. The van der Waals surface area contributed by atoms with Crippen molar-refractivity contribution in [2.75, 3.05) is 67.6 Å². The number of piperazine rings is 2. The fourth-order valence-corrected chi connectivity index (χ4v) is 7.33. The zero-order valence-corrected chi connectivity index (χ0v) is 29.0. The van der Waals surface area contributed by atoms with Gasteiger partial charge in [-0.05, 0) is 49.2 Å². The topological polar surface area (TPSA) is 119 Å². The van der Waals surface area contributed by atoms with Crippen LogP contribution in [0, 0.1) is 0 Å². The molecule has 4 aliphatic rings. The van der Waals surface area contributed by atoms with Gasteiger partial charge in [0.25, 0.3) is 11.5 Å². The highest BCUT2D eigenvalue weighted by Crippen LogP contribution is 2.35. The van der Waals surface area contributed by atoms with Crippen molar-refractivity contribution in [3.8, 4) is 11.1 Å². The standard InChI is InChI=1S/C37H44F2N8O4/c1-24-6-8-37(38,39)9-11-44-12-15-47(36(50)32(44)16-24)34-30(21-48)29(7-10-40-34)26-17-31(35(49)43(3)20-26)42-33-5-4-27(18-41-33)46-14-13-45(19-25(46)2)28-22-51-23-28/h4-5,7,10,16-18,20,25,28,48H,1,6,8-9,11-15,19,21-23H2,2-3H3,(H,41,42)/b32-16-/t25-/m0/s1. The molecule has 3 fully saturated rings. The second-order valence-corrected chi connectivity index (χ2v) is 13.9. The number of nitrogens with one attached hydrogen (secondary N) is 1. The van der Waals surface area contributed by atoms with Crippen molar-refractivity contribution >= 4 is 28.9 Å². The summed E-state index contributed by atoms with van der Waals surface area (Å²) in [6.45, 7) is 10.7. The Morgan fingerprint density at radius 2 is 1.90 bits per heavy atom. The molecular formula is C37H44F2N8O4. The van der Waals surface area contributed by atoms with E-state index in [1.54, 1.807) is 42.6 Å². The normalized spacial score (nSPS) is 22.7. The van der Waals surface area contributed by atoms with Crippen molar-refractivity contribution in [3.05, 3.63) is 82.7 Å². The molecule has 0 spiro atoms. The third kappa shape index (κ3) is 7.12. The van der Waals surface area contributed by atoms with E-state index >= 15 is 0 Å². The number of pyridine rings is 3. The summed E-state index contributed by atoms with van der Waals surface area (Å²) >= 11 is 0. The molecule has 14 heteroatoms. The van der Waals surface area contributed by atoms with E-state index < -0.39 is 18.4 Å². The zero-order valence-electron chi connectivity index (χ0n) is 29.0. The fraction of sp³-hybridized carbons (Fsp3) is 0.459. The van der Waals surface area contributed by atoms with Gasteiger partial charge < -0.3 is 29.5 Å². The summed E-state index contributed by atoms with van der Waals surface area (Å²) in [5, 5.41) is 13.8. The van der Waals surface area contributed by atoms with Gasteiger partial charge in [0.2, 0.25) is 5.92 Å². The number of allylic oxidation sites excluding steroid dienone is 2. The minimum atomic E-state index is -2.84. The molecule has 1 amide bonds. The summed E-state index contributed by atoms with van der Waals surface area (Å²) in [4.78, 5) is 44.3. The minimum absolute atomic E-state index is 0.0457. The van der Waals surface area contributed by atoms with E-state index in [9.17, 15) is 23.5 Å². The smallest absolute Gasteiger partial charge is 0.275 e. The van der Waals surface area contributed by atoms with Crippen LogP contribution in [0.15, 0.2) is 71.6 Å². The highest BCUT2D eigenvalue weighted by molar-refractivity contribution is 6.06. The van der Waals surface area contributed by atoms with Gasteiger partial charge in [0, 0.05) is 88.7 Å². The van der Waals surface area contributed by atoms with Crippen molar-refractivity contribution < 1.29 is 23.4 Å². The van der Waals surface area contributed by atoms with Crippen LogP contribution in [0.4, 0.5) is 31.8 Å². The molecule has 0 aromatic carbocycles. The lowest BCUT2D eigenvalue weighted by Gasteiger charge is -2.46. The molecule has 12 nitrogen and oxygen atoms in total. The molecule has 7 heterocycles. The van der Waals surface area contributed by atoms with Crippen molar-refractivity contribution in [3.63, 3.8) is 0 Å². The lowest BCUT2D eigenvalue weighted by atomic mass is 10.0. The summed E-state index contributed by atoms with van der Waals surface area (Å²) in [7, 11) is 1.65. The largest absolute Gasteiger partial charge is 0.392 e. The second kappa shape index (κ2) is 14.2. The number of nitrogens with zero attached hydrogens (tertiary/aromatic N) is 7. The molecule has 3 aromatic heterocycles. The number of fused-ring (bicyclic) bond motifs is 1. The van der Waals surface area contributed by atoms with E-state index in [2.05, 4.69) is 38.6 Å². The van der Waals surface area contributed by atoms with Gasteiger partial charge in [-0.1, -0.05) is 12.2 Å². The van der Waals surface area contributed by atoms with Crippen LogP contribution < -0.4 is 20.7 Å². The van der Waals surface area contributed by atoms with E-state index in [-0.39, 0.29) is 55.1 Å². The van der Waals surface area contributed by atoms with E-state index in [0.29, 0.717) is 46.7 Å². The number of alkyl halides is 2. The van der Waals surface area contributed by atoms with E-state index in [1.165, 1.54) is 9.47 Å². The Morgan fingerprint density at radius 3 is 2.61 bits per heavy atom. The Balaban J connectivity index is 1.12. The number of hydrogen-bond acceptors (Lipinski definition) is 10. The maximum absolute atomic E-state index is 14.4. The van der Waals surface area contributed by atoms with Crippen LogP contribution in [0.5, 0.6) is 0 Å². The highest BCUT2D eigenvalue weighted by atomic mass is 19.3. The van der Waals surface area contributed by atoms with Crippen LogP contribution in [0.3, 0.4) is 0 Å². The molecule has 0 aliphatic carbocycles. The molecule has 0 radical (unpaired) electrons. The molecular weight excluding hydrogens is 658 g/mol. The Morgan fingerprint density at radius 1 is 1.08 bits per heavy atom. The molecule has 4 aliphatic heterocycles. The lowest BCUT2D eigenvalue weighted by molar-refractivity contribution is -0.118. The molecule has 0 saturated carbocycles. The van der Waals surface area contributed by atoms with Gasteiger partial charge in [-0.2, -0.15) is 0 Å². The Labute approximate surface area is 295 Å². The van der Waals surface area contributed by atoms with Crippen LogP contribution in [0.2, 0.25) is 0 Å². The number of aryl methyl sites for hydroxylation is 1. The van der Waals surface area contributed by atoms with Crippen molar-refractivity contribution in [2.24, 2.45) is 7.05 Å². The van der Waals surface area contributed by atoms with Crippen molar-refractivity contribution in [2.45, 2.75) is 50.8 Å². The van der Waals surface area contributed by atoms with Gasteiger partial charge in [-0.15, -0.1) is 0 Å². The van der Waals surface area contributed by atoms with Gasteiger partial charge >= 0.3 is 0 Å². The Bertz CT molecular complexity index is 1890. The van der Waals surface area contributed by atoms with Gasteiger partial charge in [0.05, 0.1) is 37.7 Å².